The summed E-state index contributed by atoms with van der Waals surface area (Å²) in [7, 11) is 10.9. The van der Waals surface area contributed by atoms with Gasteiger partial charge < -0.3 is 62.5 Å². The molecule has 10 aromatic carbocycles. The van der Waals surface area contributed by atoms with Crippen LogP contribution in [0, 0.1) is 6.92 Å². The number of hydrogen-bond donors (Lipinski definition) is 10. The summed E-state index contributed by atoms with van der Waals surface area (Å²) in [5, 5.41) is 44.5. The Morgan fingerprint density at radius 3 is 0.921 bits per heavy atom. The molecule has 0 unspecified atom stereocenters. The third-order valence-corrected chi connectivity index (χ3v) is 21.1. The van der Waals surface area contributed by atoms with Crippen LogP contribution in [0.15, 0.2) is 316 Å². The van der Waals surface area contributed by atoms with Crippen molar-refractivity contribution >= 4 is 170 Å². The molecule has 10 heterocycles. The van der Waals surface area contributed by atoms with E-state index >= 15 is 0 Å². The Morgan fingerprint density at radius 2 is 0.612 bits per heavy atom. The van der Waals surface area contributed by atoms with E-state index in [0.717, 1.165) is 106 Å². The number of aromatic nitrogens is 19. The van der Waals surface area contributed by atoms with Gasteiger partial charge in [-0.15, -0.1) is 0 Å². The predicted molar refractivity (Wildman–Crippen MR) is 535 cm³/mol. The van der Waals surface area contributed by atoms with Crippen LogP contribution in [0.3, 0.4) is 0 Å². The fourth-order valence-corrected chi connectivity index (χ4v) is 14.3. The van der Waals surface area contributed by atoms with Crippen molar-refractivity contribution in [2.45, 2.75) is 13.1 Å². The number of hydrogen-bond acceptors (Lipinski definition) is 20. The molecule has 10 N–H and O–H groups in total. The maximum absolute atomic E-state index is 12.8. The zero-order chi connectivity index (χ0) is 97.2. The standard InChI is InChI=1S/C21H19N5O.C20H15F3N6O.C20H18N6O2.C19H15BrN6O.C19H15ClN6O/c1-14-3-5-16(6-4-14)23-21(27)24-17-7-8-18-19(11-17)25-20(12-22-18)15-9-10-26(2)13-15;1-29-11-12(9-25-29)18-10-24-16-6-5-15(8-17(16)28-18)27-19(30)26-14-4-2-3-13(7-14)20(21,22)23;1-26-12-13(10-22-26)19-11-21-17-7-6-15(9-18(17)25-19)24-20(27)23-14-4-3-5-16(8-14)28-2;2*1-26-11-12(9-22-26)18-10-21-16-6-5-15(8-17(16)25-18)24-19(27)23-14-4-2-3-13(20)7-14/h3-13H,1-2H3,(H2,23,24,27);2-11H,1H3,(H2,26,27,30);3-12H,1-2H3,(H2,23,24,27);2*2-11H,1H3,(H2,23,24,27). The summed E-state index contributed by atoms with van der Waals surface area (Å²) >= 11 is 9.31. The summed E-state index contributed by atoms with van der Waals surface area (Å²) in [6, 6.07) is 60.1. The van der Waals surface area contributed by atoms with Crippen LogP contribution in [0.4, 0.5) is 94.0 Å². The zero-order valence-corrected chi connectivity index (χ0v) is 77.1. The van der Waals surface area contributed by atoms with Crippen LogP contribution in [0.2, 0.25) is 5.02 Å². The lowest BCUT2D eigenvalue weighted by molar-refractivity contribution is -0.137. The third-order valence-electron chi connectivity index (χ3n) is 20.4. The van der Waals surface area contributed by atoms with Gasteiger partial charge in [0.05, 0.1) is 152 Å². The minimum absolute atomic E-state index is 0.0294. The molecule has 0 saturated carbocycles. The molecule has 0 aliphatic carbocycles. The van der Waals surface area contributed by atoms with Crippen LogP contribution < -0.4 is 57.9 Å². The first kappa shape index (κ1) is 93.9. The van der Waals surface area contributed by atoms with Crippen molar-refractivity contribution in [2.75, 3.05) is 60.3 Å². The number of aryl methyl sites for hydroxylation is 6. The molecule has 0 atom stereocenters. The number of methoxy groups -OCH3 is 1. The first-order valence-electron chi connectivity index (χ1n) is 42.3. The maximum Gasteiger partial charge on any atom is 0.416 e. The average Bonchev–Trinajstić information content (AvgIpc) is 1.81. The Morgan fingerprint density at radius 1 is 0.317 bits per heavy atom. The van der Waals surface area contributed by atoms with E-state index in [0.29, 0.717) is 89.5 Å². The second-order valence-corrected chi connectivity index (χ2v) is 32.4. The van der Waals surface area contributed by atoms with Crippen molar-refractivity contribution in [2.24, 2.45) is 35.2 Å². The highest BCUT2D eigenvalue weighted by Crippen LogP contribution is 2.33. The summed E-state index contributed by atoms with van der Waals surface area (Å²) in [5.74, 6) is 0.668. The smallest absolute Gasteiger partial charge is 0.416 e. The number of rotatable bonds is 16. The fourth-order valence-electron chi connectivity index (χ4n) is 13.7. The van der Waals surface area contributed by atoms with Gasteiger partial charge in [-0.25, -0.2) is 48.9 Å². The van der Waals surface area contributed by atoms with Crippen molar-refractivity contribution in [3.63, 3.8) is 0 Å². The van der Waals surface area contributed by atoms with Gasteiger partial charge in [-0.1, -0.05) is 69.5 Å². The van der Waals surface area contributed by atoms with Crippen molar-refractivity contribution in [1.29, 1.82) is 0 Å². The Hall–Kier alpha value is -18.3. The van der Waals surface area contributed by atoms with E-state index in [-0.39, 0.29) is 29.8 Å². The number of anilines is 10. The van der Waals surface area contributed by atoms with E-state index in [2.05, 4.69) is 139 Å². The van der Waals surface area contributed by atoms with Crippen LogP contribution in [0.1, 0.15) is 11.1 Å². The summed E-state index contributed by atoms with van der Waals surface area (Å²) < 4.78 is 53.2. The zero-order valence-electron chi connectivity index (χ0n) is 74.8. The molecule has 0 saturated heterocycles. The van der Waals surface area contributed by atoms with Crippen molar-refractivity contribution in [3.8, 4) is 62.0 Å². The predicted octanol–water partition coefficient (Wildman–Crippen LogP) is 21.7. The molecule has 20 aromatic rings. The van der Waals surface area contributed by atoms with E-state index in [4.69, 9.17) is 16.3 Å². The van der Waals surface area contributed by atoms with E-state index in [1.54, 1.807) is 192 Å². The lowest BCUT2D eigenvalue weighted by Crippen LogP contribution is -2.19. The molecule has 0 aliphatic rings. The molecular formula is C99H82BrClF3N29O6. The van der Waals surface area contributed by atoms with E-state index < -0.39 is 17.8 Å². The minimum Gasteiger partial charge on any atom is -0.497 e. The van der Waals surface area contributed by atoms with Gasteiger partial charge in [0.15, 0.2) is 0 Å². The van der Waals surface area contributed by atoms with Gasteiger partial charge in [0.2, 0.25) is 0 Å². The number of nitrogens with zero attached hydrogens (tertiary/aromatic N) is 19. The number of amides is 10. The Kier molecular flexibility index (Phi) is 28.9. The molecular weight excluding hydrogens is 1860 g/mol. The molecule has 0 radical (unpaired) electrons. The van der Waals surface area contributed by atoms with Gasteiger partial charge in [0.1, 0.15) is 5.75 Å². The van der Waals surface area contributed by atoms with Gasteiger partial charge in [-0.2, -0.15) is 33.6 Å². The van der Waals surface area contributed by atoms with Crippen molar-refractivity contribution in [1.82, 2.24) is 93.5 Å². The Balaban J connectivity index is 0.000000126. The number of urea groups is 5. The number of fused-ring (bicyclic) bond motifs is 5. The summed E-state index contributed by atoms with van der Waals surface area (Å²) in [6.07, 6.45) is 22.3. The molecule has 10 aromatic heterocycles. The van der Waals surface area contributed by atoms with Crippen molar-refractivity contribution < 1.29 is 41.9 Å². The van der Waals surface area contributed by atoms with Crippen LogP contribution in [-0.4, -0.2) is 131 Å². The molecule has 0 spiro atoms. The van der Waals surface area contributed by atoms with Crippen LogP contribution >= 0.6 is 27.5 Å². The van der Waals surface area contributed by atoms with Crippen LogP contribution in [0.25, 0.3) is 111 Å². The molecule has 139 heavy (non-hydrogen) atoms. The number of benzene rings is 10. The highest BCUT2D eigenvalue weighted by atomic mass is 79.9. The van der Waals surface area contributed by atoms with Crippen molar-refractivity contribution in [3.05, 3.63) is 332 Å². The molecule has 694 valence electrons. The van der Waals surface area contributed by atoms with Gasteiger partial charge in [0, 0.05) is 173 Å². The summed E-state index contributed by atoms with van der Waals surface area (Å²) in [5.41, 5.74) is 21.0. The van der Waals surface area contributed by atoms with Gasteiger partial charge in [-0.05, 0) is 183 Å². The topological polar surface area (TPSA) is 420 Å². The molecule has 10 amide bonds. The van der Waals surface area contributed by atoms with Crippen LogP contribution in [0.5, 0.6) is 5.75 Å². The number of alkyl halides is 3. The number of halogens is 5. The molecule has 20 rings (SSSR count). The first-order valence-corrected chi connectivity index (χ1v) is 43.5. The normalized spacial score (nSPS) is 10.9. The van der Waals surface area contributed by atoms with Gasteiger partial charge in [-0.3, -0.25) is 43.6 Å². The fraction of sp³-hybridized carbons (Fsp3) is 0.0808. The van der Waals surface area contributed by atoms with Crippen LogP contribution in [-0.2, 0) is 41.4 Å². The molecule has 35 nitrogen and oxygen atoms in total. The summed E-state index contributed by atoms with van der Waals surface area (Å²) in [4.78, 5) is 106. The number of carbonyl (C=O) groups is 5. The highest BCUT2D eigenvalue weighted by molar-refractivity contribution is 9.10. The number of carbonyl (C=O) groups excluding carboxylic acids is 5. The monoisotopic (exact) mass is 1940 g/mol. The second-order valence-electron chi connectivity index (χ2n) is 31.1. The molecule has 40 heteroatoms. The number of ether oxygens (including phenoxy) is 1. The third kappa shape index (κ3) is 25.6. The lowest BCUT2D eigenvalue weighted by atomic mass is 10.2. The minimum atomic E-state index is -4.49. The Labute approximate surface area is 803 Å². The second kappa shape index (κ2) is 42.7. The largest absolute Gasteiger partial charge is 0.497 e. The van der Waals surface area contributed by atoms with E-state index in [9.17, 15) is 37.1 Å². The average molecular weight is 1950 g/mol. The number of nitrogens with one attached hydrogen (secondary N) is 10. The molecule has 0 bridgehead atoms. The van der Waals surface area contributed by atoms with E-state index in [1.807, 2.05) is 168 Å². The lowest BCUT2D eigenvalue weighted by Gasteiger charge is -2.11. The Bertz CT molecular complexity index is 7750. The van der Waals surface area contributed by atoms with E-state index in [1.165, 1.54) is 12.1 Å². The quantitative estimate of drug-likeness (QED) is 0.0429. The molecule has 0 aliphatic heterocycles. The van der Waals surface area contributed by atoms with Gasteiger partial charge in [0.25, 0.3) is 0 Å². The molecule has 0 fully saturated rings. The SMILES string of the molecule is COc1cccc(NC(=O)Nc2ccc3ncc(-c4cnn(C)c4)nc3c2)c1.Cc1ccc(NC(=O)Nc2ccc3ncc(-c4ccn(C)c4)nc3c2)cc1.Cn1cc(-c2cnc3ccc(NC(=O)Nc4cccc(Br)c4)cc3n2)cn1.Cn1cc(-c2cnc3ccc(NC(=O)Nc4cccc(C(F)(F)F)c4)cc3n2)cn1.Cn1cc(-c2cnc3ccc(NC(=O)Nc4cccc(Cl)c4)cc3n2)cn1. The first-order chi connectivity index (χ1) is 67.1. The maximum atomic E-state index is 12.8. The summed E-state index contributed by atoms with van der Waals surface area (Å²) in [6.45, 7) is 2.00. The van der Waals surface area contributed by atoms with Gasteiger partial charge >= 0.3 is 36.3 Å². The highest BCUT2D eigenvalue weighted by Gasteiger charge is 2.31.